The van der Waals surface area contributed by atoms with E-state index in [-0.39, 0.29) is 51.4 Å². The number of nitrogens with one attached hydrogen (secondary N) is 1. The molecular weight excluding hydrogens is 139 g/mol. The third-order valence-electron chi connectivity index (χ3n) is 0.368. The van der Waals surface area contributed by atoms with Crippen LogP contribution >= 0.6 is 12.2 Å². The molecule has 0 aromatic carbocycles. The first kappa shape index (κ1) is 8.00. The average molecular weight is 141 g/mol. The van der Waals surface area contributed by atoms with E-state index in [1.54, 1.807) is 0 Å². The van der Waals surface area contributed by atoms with Gasteiger partial charge in [0.2, 0.25) is 6.39 Å². The average Bonchev–Trinajstić information content (AvgIpc) is 1.86. The van der Waals surface area contributed by atoms with Crippen molar-refractivity contribution in [1.82, 2.24) is 10.2 Å². The molecule has 0 unspecified atom stereocenters. The molecule has 3 nitrogen and oxygen atoms in total. The van der Waals surface area contributed by atoms with Crippen LogP contribution in [0.3, 0.4) is 0 Å². The van der Waals surface area contributed by atoms with Crippen molar-refractivity contribution in [2.75, 3.05) is 0 Å². The number of hydrogen-bond acceptors (Lipinski definition) is 3. The molecule has 0 saturated carbocycles. The standard InChI is InChI=1S/C2H2N2OS.K/c6-2-4-3-1-5-2;/h1H,(H,4,6);/q;+1. The quantitative estimate of drug-likeness (QED) is 0.327. The molecule has 1 aromatic rings. The summed E-state index contributed by atoms with van der Waals surface area (Å²) in [7, 11) is 0. The van der Waals surface area contributed by atoms with Gasteiger partial charge in [-0.15, -0.1) is 5.10 Å². The van der Waals surface area contributed by atoms with Crippen LogP contribution < -0.4 is 51.4 Å². The maximum Gasteiger partial charge on any atom is 1.00 e. The molecule has 1 aromatic heterocycles. The fourth-order valence-corrected chi connectivity index (χ4v) is 0.275. The number of aromatic amines is 1. The van der Waals surface area contributed by atoms with Gasteiger partial charge in [0.1, 0.15) is 0 Å². The van der Waals surface area contributed by atoms with Gasteiger partial charge in [-0.05, 0) is 12.2 Å². The maximum absolute atomic E-state index is 4.48. The zero-order valence-corrected chi connectivity index (χ0v) is 7.78. The third-order valence-corrected chi connectivity index (χ3v) is 0.556. The topological polar surface area (TPSA) is 41.8 Å². The van der Waals surface area contributed by atoms with Gasteiger partial charge < -0.3 is 4.42 Å². The van der Waals surface area contributed by atoms with Crippen LogP contribution in [0.1, 0.15) is 0 Å². The Morgan fingerprint density at radius 1 is 1.86 bits per heavy atom. The Morgan fingerprint density at radius 3 is 2.71 bits per heavy atom. The van der Waals surface area contributed by atoms with Crippen LogP contribution in [0.25, 0.3) is 0 Å². The summed E-state index contributed by atoms with van der Waals surface area (Å²) in [6.07, 6.45) is 1.25. The molecule has 0 amide bonds. The second-order valence-electron chi connectivity index (χ2n) is 0.752. The second-order valence-corrected chi connectivity index (χ2v) is 1.12. The van der Waals surface area contributed by atoms with Gasteiger partial charge in [-0.2, -0.15) is 0 Å². The third kappa shape index (κ3) is 2.73. The fraction of sp³-hybridized carbons (Fsp3) is 0. The Morgan fingerprint density at radius 2 is 2.57 bits per heavy atom. The van der Waals surface area contributed by atoms with E-state index in [2.05, 4.69) is 26.8 Å². The molecule has 0 spiro atoms. The molecule has 0 fully saturated rings. The SMILES string of the molecule is S=c1[nH]nco1.[K+]. The van der Waals surface area contributed by atoms with Crippen LogP contribution in [0.2, 0.25) is 0 Å². The van der Waals surface area contributed by atoms with E-state index in [0.29, 0.717) is 4.84 Å². The zero-order chi connectivity index (χ0) is 4.41. The smallest absolute Gasteiger partial charge is 0.417 e. The van der Waals surface area contributed by atoms with E-state index in [0.717, 1.165) is 0 Å². The molecule has 1 N–H and O–H groups in total. The van der Waals surface area contributed by atoms with E-state index in [4.69, 9.17) is 0 Å². The Hall–Kier alpha value is 0.996. The van der Waals surface area contributed by atoms with Crippen molar-refractivity contribution in [3.05, 3.63) is 11.2 Å². The molecule has 5 heteroatoms. The summed E-state index contributed by atoms with van der Waals surface area (Å²) in [5.41, 5.74) is 0. The Labute approximate surface area is 87.9 Å². The molecule has 0 radical (unpaired) electrons. The van der Waals surface area contributed by atoms with Crippen LogP contribution in [0, 0.1) is 4.84 Å². The summed E-state index contributed by atoms with van der Waals surface area (Å²) in [6.45, 7) is 0. The minimum Gasteiger partial charge on any atom is -0.417 e. The van der Waals surface area contributed by atoms with Gasteiger partial charge in [0.15, 0.2) is 0 Å². The van der Waals surface area contributed by atoms with Crippen molar-refractivity contribution < 1.29 is 55.8 Å². The van der Waals surface area contributed by atoms with E-state index < -0.39 is 0 Å². The van der Waals surface area contributed by atoms with Gasteiger partial charge >= 0.3 is 51.4 Å². The number of aromatic nitrogens is 2. The first-order valence-electron chi connectivity index (χ1n) is 1.38. The van der Waals surface area contributed by atoms with E-state index in [9.17, 15) is 0 Å². The van der Waals surface area contributed by atoms with E-state index in [1.807, 2.05) is 0 Å². The molecule has 0 aliphatic carbocycles. The molecule has 0 aliphatic rings. The Kier molecular flexibility index (Phi) is 4.49. The summed E-state index contributed by atoms with van der Waals surface area (Å²) >= 11 is 4.46. The van der Waals surface area contributed by atoms with E-state index >= 15 is 0 Å². The molecule has 0 bridgehead atoms. The summed E-state index contributed by atoms with van der Waals surface area (Å²) in [5, 5.41) is 5.82. The second kappa shape index (κ2) is 3.93. The largest absolute Gasteiger partial charge is 1.00 e. The molecule has 0 aliphatic heterocycles. The number of H-pyrrole nitrogens is 1. The van der Waals surface area contributed by atoms with Crippen LogP contribution in [0.4, 0.5) is 0 Å². The summed E-state index contributed by atoms with van der Waals surface area (Å²) in [5.74, 6) is 0. The Bertz CT molecular complexity index is 153. The van der Waals surface area contributed by atoms with Gasteiger partial charge in [-0.3, -0.25) is 0 Å². The van der Waals surface area contributed by atoms with Crippen molar-refractivity contribution >= 4 is 12.2 Å². The van der Waals surface area contributed by atoms with Crippen LogP contribution in [0.15, 0.2) is 10.8 Å². The molecule has 0 atom stereocenters. The molecule has 32 valence electrons. The molecule has 1 heterocycles. The zero-order valence-electron chi connectivity index (χ0n) is 3.84. The first-order valence-corrected chi connectivity index (χ1v) is 1.78. The van der Waals surface area contributed by atoms with Crippen molar-refractivity contribution in [3.8, 4) is 0 Å². The predicted octanol–water partition coefficient (Wildman–Crippen LogP) is -2.26. The molecular formula is C2H2KN2OS+. The monoisotopic (exact) mass is 141 g/mol. The normalized spacial score (nSPS) is 7.43. The van der Waals surface area contributed by atoms with Crippen molar-refractivity contribution in [2.45, 2.75) is 0 Å². The number of rotatable bonds is 0. The number of hydrogen-bond donors (Lipinski definition) is 1. The minimum atomic E-state index is 0. The maximum atomic E-state index is 4.48. The number of nitrogens with zero attached hydrogens (tertiary/aromatic N) is 1. The van der Waals surface area contributed by atoms with Crippen LogP contribution in [-0.4, -0.2) is 10.2 Å². The fourth-order valence-electron chi connectivity index (χ4n) is 0.180. The van der Waals surface area contributed by atoms with E-state index in [1.165, 1.54) is 6.39 Å². The minimum absolute atomic E-state index is 0. The van der Waals surface area contributed by atoms with Crippen molar-refractivity contribution in [3.63, 3.8) is 0 Å². The summed E-state index contributed by atoms with van der Waals surface area (Å²) in [6, 6.07) is 0. The van der Waals surface area contributed by atoms with Crippen LogP contribution in [0.5, 0.6) is 0 Å². The van der Waals surface area contributed by atoms with Crippen molar-refractivity contribution in [2.24, 2.45) is 0 Å². The van der Waals surface area contributed by atoms with Gasteiger partial charge in [-0.1, -0.05) is 0 Å². The van der Waals surface area contributed by atoms with Gasteiger partial charge in [-0.25, -0.2) is 5.10 Å². The van der Waals surface area contributed by atoms with Gasteiger partial charge in [0.25, 0.3) is 4.84 Å². The van der Waals surface area contributed by atoms with Crippen molar-refractivity contribution in [1.29, 1.82) is 0 Å². The predicted molar refractivity (Wildman–Crippen MR) is 21.7 cm³/mol. The first-order chi connectivity index (χ1) is 2.89. The molecule has 1 rings (SSSR count). The van der Waals surface area contributed by atoms with Crippen LogP contribution in [-0.2, 0) is 0 Å². The van der Waals surface area contributed by atoms with Gasteiger partial charge in [0.05, 0.1) is 0 Å². The molecule has 0 saturated heterocycles. The Balaban J connectivity index is 0.000000360. The summed E-state index contributed by atoms with van der Waals surface area (Å²) < 4.78 is 4.48. The summed E-state index contributed by atoms with van der Waals surface area (Å²) in [4.78, 5) is 0.315. The molecule has 7 heavy (non-hydrogen) atoms. The van der Waals surface area contributed by atoms with Gasteiger partial charge in [0, 0.05) is 0 Å².